The fraction of sp³-hybridized carbons (Fsp3) is 0.611. The summed E-state index contributed by atoms with van der Waals surface area (Å²) in [7, 11) is 0. The predicted molar refractivity (Wildman–Crippen MR) is 86.5 cm³/mol. The van der Waals surface area contributed by atoms with E-state index in [0.717, 1.165) is 52.0 Å². The van der Waals surface area contributed by atoms with Gasteiger partial charge in [0, 0.05) is 32.7 Å². The summed E-state index contributed by atoms with van der Waals surface area (Å²) in [4.78, 5) is 17.3. The van der Waals surface area contributed by atoms with Crippen molar-refractivity contribution in [2.75, 3.05) is 39.3 Å². The Hall–Kier alpha value is -1.39. The van der Waals surface area contributed by atoms with Crippen LogP contribution in [0.5, 0.6) is 0 Å². The Labute approximate surface area is 132 Å². The van der Waals surface area contributed by atoms with E-state index >= 15 is 0 Å². The zero-order chi connectivity index (χ0) is 15.4. The van der Waals surface area contributed by atoms with Gasteiger partial charge in [-0.15, -0.1) is 0 Å². The second kappa shape index (κ2) is 6.80. The monoisotopic (exact) mass is 302 g/mol. The van der Waals surface area contributed by atoms with E-state index in [1.807, 2.05) is 6.07 Å². The Morgan fingerprint density at radius 2 is 1.77 bits per heavy atom. The highest BCUT2D eigenvalue weighted by molar-refractivity contribution is 5.84. The van der Waals surface area contributed by atoms with E-state index in [-0.39, 0.29) is 12.0 Å². The SMILES string of the molecule is O=C(N1CCN(CCO)CC1)C1(Cc2ccccc2)CCC1. The molecule has 0 spiro atoms. The van der Waals surface area contributed by atoms with Gasteiger partial charge < -0.3 is 10.0 Å². The quantitative estimate of drug-likeness (QED) is 0.897. The number of carbonyl (C=O) groups excluding carboxylic acids is 1. The van der Waals surface area contributed by atoms with E-state index in [0.29, 0.717) is 5.91 Å². The van der Waals surface area contributed by atoms with Gasteiger partial charge in [0.1, 0.15) is 0 Å². The predicted octanol–water partition coefficient (Wildman–Crippen LogP) is 1.54. The fourth-order valence-corrected chi connectivity index (χ4v) is 3.71. The van der Waals surface area contributed by atoms with Crippen LogP contribution >= 0.6 is 0 Å². The molecule has 3 rings (SSSR count). The highest BCUT2D eigenvalue weighted by Gasteiger charge is 2.46. The van der Waals surface area contributed by atoms with Crippen LogP contribution in [0, 0.1) is 5.41 Å². The van der Waals surface area contributed by atoms with Crippen LogP contribution in [-0.2, 0) is 11.2 Å². The van der Waals surface area contributed by atoms with Crippen molar-refractivity contribution in [1.82, 2.24) is 9.80 Å². The minimum absolute atomic E-state index is 0.152. The van der Waals surface area contributed by atoms with Crippen LogP contribution < -0.4 is 0 Å². The van der Waals surface area contributed by atoms with Crippen molar-refractivity contribution in [2.45, 2.75) is 25.7 Å². The van der Waals surface area contributed by atoms with Gasteiger partial charge in [-0.25, -0.2) is 0 Å². The molecule has 1 saturated heterocycles. The highest BCUT2D eigenvalue weighted by atomic mass is 16.3. The number of nitrogens with zero attached hydrogens (tertiary/aromatic N) is 2. The Bertz CT molecular complexity index is 491. The number of aliphatic hydroxyl groups is 1. The number of carbonyl (C=O) groups is 1. The third-order valence-electron chi connectivity index (χ3n) is 5.23. The topological polar surface area (TPSA) is 43.8 Å². The van der Waals surface area contributed by atoms with Gasteiger partial charge in [0.05, 0.1) is 12.0 Å². The van der Waals surface area contributed by atoms with Gasteiger partial charge in [0.25, 0.3) is 0 Å². The first-order valence-electron chi connectivity index (χ1n) is 8.40. The molecule has 1 saturated carbocycles. The number of benzene rings is 1. The number of hydrogen-bond donors (Lipinski definition) is 1. The maximum absolute atomic E-state index is 13.0. The Morgan fingerprint density at radius 3 is 2.32 bits per heavy atom. The van der Waals surface area contributed by atoms with Crippen LogP contribution in [0.25, 0.3) is 0 Å². The molecule has 1 aliphatic carbocycles. The average molecular weight is 302 g/mol. The molecule has 120 valence electrons. The molecular weight excluding hydrogens is 276 g/mol. The lowest BCUT2D eigenvalue weighted by Gasteiger charge is -2.46. The zero-order valence-corrected chi connectivity index (χ0v) is 13.2. The molecule has 1 N–H and O–H groups in total. The lowest BCUT2D eigenvalue weighted by Crippen LogP contribution is -2.55. The first-order valence-corrected chi connectivity index (χ1v) is 8.40. The summed E-state index contributed by atoms with van der Waals surface area (Å²) in [6, 6.07) is 10.4. The molecule has 1 aromatic carbocycles. The number of piperazine rings is 1. The van der Waals surface area contributed by atoms with Crippen molar-refractivity contribution in [3.05, 3.63) is 35.9 Å². The number of aliphatic hydroxyl groups excluding tert-OH is 1. The summed E-state index contributed by atoms with van der Waals surface area (Å²) < 4.78 is 0. The largest absolute Gasteiger partial charge is 0.395 e. The number of hydrogen-bond acceptors (Lipinski definition) is 3. The third-order valence-corrected chi connectivity index (χ3v) is 5.23. The first kappa shape index (κ1) is 15.5. The van der Waals surface area contributed by atoms with Gasteiger partial charge in [0.15, 0.2) is 0 Å². The molecule has 4 nitrogen and oxygen atoms in total. The van der Waals surface area contributed by atoms with Crippen LogP contribution in [0.1, 0.15) is 24.8 Å². The Balaban J connectivity index is 1.62. The van der Waals surface area contributed by atoms with Gasteiger partial charge >= 0.3 is 0 Å². The van der Waals surface area contributed by atoms with Crippen LogP contribution in [0.2, 0.25) is 0 Å². The van der Waals surface area contributed by atoms with Crippen LogP contribution in [-0.4, -0.2) is 60.1 Å². The molecule has 2 aliphatic rings. The van der Waals surface area contributed by atoms with Crippen LogP contribution in [0.15, 0.2) is 30.3 Å². The Morgan fingerprint density at radius 1 is 1.09 bits per heavy atom. The van der Waals surface area contributed by atoms with Crippen molar-refractivity contribution in [3.8, 4) is 0 Å². The molecule has 1 heterocycles. The van der Waals surface area contributed by atoms with Gasteiger partial charge in [-0.1, -0.05) is 36.8 Å². The summed E-state index contributed by atoms with van der Waals surface area (Å²) in [5.41, 5.74) is 1.12. The van der Waals surface area contributed by atoms with Crippen molar-refractivity contribution in [2.24, 2.45) is 5.41 Å². The van der Waals surface area contributed by atoms with Gasteiger partial charge in [0.2, 0.25) is 5.91 Å². The number of amides is 1. The van der Waals surface area contributed by atoms with Crippen LogP contribution in [0.4, 0.5) is 0 Å². The second-order valence-electron chi connectivity index (χ2n) is 6.65. The second-order valence-corrected chi connectivity index (χ2v) is 6.65. The lowest BCUT2D eigenvalue weighted by atomic mass is 9.64. The van der Waals surface area contributed by atoms with Crippen molar-refractivity contribution in [1.29, 1.82) is 0 Å². The van der Waals surface area contributed by atoms with E-state index in [1.54, 1.807) is 0 Å². The van der Waals surface area contributed by atoms with Gasteiger partial charge in [-0.05, 0) is 24.8 Å². The Kier molecular flexibility index (Phi) is 4.79. The van der Waals surface area contributed by atoms with Crippen molar-refractivity contribution >= 4 is 5.91 Å². The molecule has 0 bridgehead atoms. The molecule has 1 amide bonds. The van der Waals surface area contributed by atoms with E-state index in [1.165, 1.54) is 12.0 Å². The summed E-state index contributed by atoms with van der Waals surface area (Å²) >= 11 is 0. The number of β-amino-alcohol motifs (C(OH)–C–C–N with tert-alkyl or cyclic N) is 1. The molecule has 22 heavy (non-hydrogen) atoms. The molecule has 2 fully saturated rings. The maximum atomic E-state index is 13.0. The van der Waals surface area contributed by atoms with Crippen molar-refractivity contribution in [3.63, 3.8) is 0 Å². The van der Waals surface area contributed by atoms with Gasteiger partial charge in [-0.3, -0.25) is 9.69 Å². The molecular formula is C18H26N2O2. The molecule has 0 unspecified atom stereocenters. The first-order chi connectivity index (χ1) is 10.7. The number of rotatable bonds is 5. The summed E-state index contributed by atoms with van der Waals surface area (Å²) in [5, 5.41) is 9.01. The summed E-state index contributed by atoms with van der Waals surface area (Å²) in [6.45, 7) is 4.29. The minimum atomic E-state index is -0.152. The normalized spacial score (nSPS) is 21.4. The van der Waals surface area contributed by atoms with Crippen molar-refractivity contribution < 1.29 is 9.90 Å². The van der Waals surface area contributed by atoms with E-state index in [2.05, 4.69) is 34.1 Å². The summed E-state index contributed by atoms with van der Waals surface area (Å²) in [5.74, 6) is 0.353. The molecule has 4 heteroatoms. The van der Waals surface area contributed by atoms with E-state index in [4.69, 9.17) is 5.11 Å². The lowest BCUT2D eigenvalue weighted by molar-refractivity contribution is -0.149. The smallest absolute Gasteiger partial charge is 0.229 e. The molecule has 0 radical (unpaired) electrons. The van der Waals surface area contributed by atoms with E-state index in [9.17, 15) is 4.79 Å². The maximum Gasteiger partial charge on any atom is 0.229 e. The van der Waals surface area contributed by atoms with Crippen LogP contribution in [0.3, 0.4) is 0 Å². The summed E-state index contributed by atoms with van der Waals surface area (Å²) in [6.07, 6.45) is 4.10. The molecule has 1 aromatic rings. The highest BCUT2D eigenvalue weighted by Crippen LogP contribution is 2.45. The molecule has 0 atom stereocenters. The zero-order valence-electron chi connectivity index (χ0n) is 13.2. The minimum Gasteiger partial charge on any atom is -0.395 e. The fourth-order valence-electron chi connectivity index (χ4n) is 3.71. The standard InChI is InChI=1S/C18H26N2O2/c21-14-13-19-9-11-20(12-10-19)17(22)18(7-4-8-18)15-16-5-2-1-3-6-16/h1-3,5-6,21H,4,7-15H2. The molecule has 1 aliphatic heterocycles. The average Bonchev–Trinajstić information content (AvgIpc) is 2.52. The third kappa shape index (κ3) is 3.18. The van der Waals surface area contributed by atoms with E-state index < -0.39 is 0 Å². The molecule has 0 aromatic heterocycles. The van der Waals surface area contributed by atoms with Gasteiger partial charge in [-0.2, -0.15) is 0 Å².